The summed E-state index contributed by atoms with van der Waals surface area (Å²) in [4.78, 5) is 23.2. The molecule has 21 heavy (non-hydrogen) atoms. The molecule has 0 atom stereocenters. The van der Waals surface area contributed by atoms with E-state index in [9.17, 15) is 9.59 Å². The molecule has 0 radical (unpaired) electrons. The van der Waals surface area contributed by atoms with E-state index >= 15 is 0 Å². The van der Waals surface area contributed by atoms with Crippen molar-refractivity contribution in [2.24, 2.45) is 5.73 Å². The van der Waals surface area contributed by atoms with Crippen LogP contribution in [0.2, 0.25) is 0 Å². The summed E-state index contributed by atoms with van der Waals surface area (Å²) >= 11 is 0. The molecule has 0 aliphatic rings. The van der Waals surface area contributed by atoms with Crippen molar-refractivity contribution in [2.75, 3.05) is 25.1 Å². The fraction of sp³-hybridized carbons (Fsp3) is 0.333. The summed E-state index contributed by atoms with van der Waals surface area (Å²) in [7, 11) is 0. The summed E-state index contributed by atoms with van der Waals surface area (Å²) in [5, 5.41) is 2.60. The van der Waals surface area contributed by atoms with Crippen molar-refractivity contribution < 1.29 is 19.1 Å². The largest absolute Gasteiger partial charge is 0.487 e. The lowest BCUT2D eigenvalue weighted by Crippen LogP contribution is -2.22. The van der Waals surface area contributed by atoms with Crippen LogP contribution >= 0.6 is 0 Å². The Labute approximate surface area is 123 Å². The van der Waals surface area contributed by atoms with Crippen LogP contribution in [-0.4, -0.2) is 31.6 Å². The number of esters is 1. The Bertz CT molecular complexity index is 514. The van der Waals surface area contributed by atoms with Gasteiger partial charge in [-0.15, -0.1) is 0 Å². The third-order valence-electron chi connectivity index (χ3n) is 2.47. The molecule has 6 heteroatoms. The molecule has 0 aliphatic carbocycles. The molecule has 0 saturated heterocycles. The number of hydrogen-bond donors (Lipinski definition) is 2. The van der Waals surface area contributed by atoms with Gasteiger partial charge in [-0.05, 0) is 24.6 Å². The van der Waals surface area contributed by atoms with Gasteiger partial charge < -0.3 is 20.5 Å². The molecule has 0 saturated carbocycles. The van der Waals surface area contributed by atoms with Crippen LogP contribution in [-0.2, 0) is 9.53 Å². The third kappa shape index (κ3) is 5.27. The number of carbonyl (C=O) groups excluding carboxylic acids is 2. The first-order chi connectivity index (χ1) is 10.1. The topological polar surface area (TPSA) is 90.6 Å². The number of benzene rings is 1. The van der Waals surface area contributed by atoms with E-state index in [4.69, 9.17) is 15.2 Å². The van der Waals surface area contributed by atoms with Gasteiger partial charge in [-0.2, -0.15) is 0 Å². The fourth-order valence-electron chi connectivity index (χ4n) is 1.50. The van der Waals surface area contributed by atoms with Gasteiger partial charge in [-0.25, -0.2) is 4.79 Å². The first kappa shape index (κ1) is 16.7. The highest BCUT2D eigenvalue weighted by Gasteiger charge is 2.13. The average Bonchev–Trinajstić information content (AvgIpc) is 2.51. The second-order valence-electron chi connectivity index (χ2n) is 4.20. The first-order valence-electron chi connectivity index (χ1n) is 6.67. The number of ether oxygens (including phenoxy) is 2. The maximum absolute atomic E-state index is 11.8. The Kier molecular flexibility index (Phi) is 6.97. The summed E-state index contributed by atoms with van der Waals surface area (Å²) in [6.07, 6.45) is 2.31. The molecular weight excluding hydrogens is 272 g/mol. The maximum Gasteiger partial charge on any atom is 0.338 e. The molecule has 114 valence electrons. The fourth-order valence-corrected chi connectivity index (χ4v) is 1.50. The second kappa shape index (κ2) is 8.76. The van der Waals surface area contributed by atoms with Gasteiger partial charge in [0.15, 0.2) is 0 Å². The third-order valence-corrected chi connectivity index (χ3v) is 2.47. The predicted octanol–water partition coefficient (Wildman–Crippen LogP) is 1.72. The number of hydrogen-bond acceptors (Lipinski definition) is 5. The Hall–Kier alpha value is -2.34. The van der Waals surface area contributed by atoms with Crippen LogP contribution in [0.5, 0.6) is 5.75 Å². The summed E-state index contributed by atoms with van der Waals surface area (Å²) in [5.74, 6) is -0.417. The first-order valence-corrected chi connectivity index (χ1v) is 6.67. The SMILES string of the molecule is C=CCOc1cc(C(=O)OCCC)ccc1NC(=O)CN. The van der Waals surface area contributed by atoms with Crippen LogP contribution in [0.25, 0.3) is 0 Å². The maximum atomic E-state index is 11.8. The molecule has 1 amide bonds. The number of amides is 1. The van der Waals surface area contributed by atoms with E-state index in [1.165, 1.54) is 6.07 Å². The van der Waals surface area contributed by atoms with Crippen LogP contribution in [0.1, 0.15) is 23.7 Å². The molecule has 0 spiro atoms. The number of carbonyl (C=O) groups is 2. The smallest absolute Gasteiger partial charge is 0.338 e. The standard InChI is InChI=1S/C15H20N2O4/c1-3-7-20-13-9-11(15(19)21-8-4-2)5-6-12(13)17-14(18)10-16/h3,5-6,9H,1,4,7-8,10,16H2,2H3,(H,17,18). The van der Waals surface area contributed by atoms with Crippen molar-refractivity contribution in [3.8, 4) is 5.75 Å². The van der Waals surface area contributed by atoms with Crippen molar-refractivity contribution in [1.82, 2.24) is 0 Å². The molecule has 1 aromatic carbocycles. The minimum atomic E-state index is -0.433. The number of nitrogens with two attached hydrogens (primary N) is 1. The molecule has 0 heterocycles. The lowest BCUT2D eigenvalue weighted by Gasteiger charge is -2.12. The van der Waals surface area contributed by atoms with E-state index in [-0.39, 0.29) is 19.1 Å². The number of rotatable bonds is 8. The predicted molar refractivity (Wildman–Crippen MR) is 80.4 cm³/mol. The van der Waals surface area contributed by atoms with E-state index in [0.29, 0.717) is 23.6 Å². The van der Waals surface area contributed by atoms with Gasteiger partial charge in [0, 0.05) is 0 Å². The molecule has 0 bridgehead atoms. The zero-order valence-corrected chi connectivity index (χ0v) is 12.1. The van der Waals surface area contributed by atoms with Crippen molar-refractivity contribution >= 4 is 17.6 Å². The molecule has 3 N–H and O–H groups in total. The van der Waals surface area contributed by atoms with Crippen molar-refractivity contribution in [3.63, 3.8) is 0 Å². The Morgan fingerprint density at radius 2 is 2.19 bits per heavy atom. The molecule has 1 rings (SSSR count). The Morgan fingerprint density at radius 3 is 2.81 bits per heavy atom. The lowest BCUT2D eigenvalue weighted by atomic mass is 10.2. The molecule has 0 aromatic heterocycles. The highest BCUT2D eigenvalue weighted by atomic mass is 16.5. The molecular formula is C15H20N2O4. The molecule has 0 aliphatic heterocycles. The minimum absolute atomic E-state index is 0.138. The number of nitrogens with one attached hydrogen (secondary N) is 1. The summed E-state index contributed by atoms with van der Waals surface area (Å²) in [6.45, 7) is 5.94. The molecule has 6 nitrogen and oxygen atoms in total. The summed E-state index contributed by atoms with van der Waals surface area (Å²) in [6, 6.07) is 4.66. The summed E-state index contributed by atoms with van der Waals surface area (Å²) in [5.41, 5.74) is 6.06. The van der Waals surface area contributed by atoms with E-state index in [1.807, 2.05) is 6.92 Å². The van der Waals surface area contributed by atoms with Gasteiger partial charge >= 0.3 is 5.97 Å². The van der Waals surface area contributed by atoms with Gasteiger partial charge in [-0.1, -0.05) is 19.6 Å². The van der Waals surface area contributed by atoms with Gasteiger partial charge in [0.25, 0.3) is 0 Å². The minimum Gasteiger partial charge on any atom is -0.487 e. The highest BCUT2D eigenvalue weighted by Crippen LogP contribution is 2.26. The van der Waals surface area contributed by atoms with E-state index in [1.54, 1.807) is 18.2 Å². The summed E-state index contributed by atoms with van der Waals surface area (Å²) < 4.78 is 10.5. The molecule has 0 unspecified atom stereocenters. The van der Waals surface area contributed by atoms with Gasteiger partial charge in [0.05, 0.1) is 24.4 Å². The highest BCUT2D eigenvalue weighted by molar-refractivity contribution is 5.95. The monoisotopic (exact) mass is 292 g/mol. The Balaban J connectivity index is 2.96. The van der Waals surface area contributed by atoms with Gasteiger partial charge in [-0.3, -0.25) is 4.79 Å². The van der Waals surface area contributed by atoms with Crippen LogP contribution in [0.4, 0.5) is 5.69 Å². The zero-order chi connectivity index (χ0) is 15.7. The van der Waals surface area contributed by atoms with Crippen molar-refractivity contribution in [1.29, 1.82) is 0 Å². The van der Waals surface area contributed by atoms with Crippen molar-refractivity contribution in [2.45, 2.75) is 13.3 Å². The lowest BCUT2D eigenvalue weighted by molar-refractivity contribution is -0.114. The van der Waals surface area contributed by atoms with Crippen LogP contribution in [0.3, 0.4) is 0 Å². The molecule has 1 aromatic rings. The number of anilines is 1. The van der Waals surface area contributed by atoms with E-state index in [2.05, 4.69) is 11.9 Å². The van der Waals surface area contributed by atoms with Gasteiger partial charge in [0.1, 0.15) is 12.4 Å². The second-order valence-corrected chi connectivity index (χ2v) is 4.20. The van der Waals surface area contributed by atoms with Crippen LogP contribution in [0.15, 0.2) is 30.9 Å². The van der Waals surface area contributed by atoms with E-state index < -0.39 is 5.97 Å². The van der Waals surface area contributed by atoms with E-state index in [0.717, 1.165) is 6.42 Å². The zero-order valence-electron chi connectivity index (χ0n) is 12.1. The average molecular weight is 292 g/mol. The quantitative estimate of drug-likeness (QED) is 0.562. The Morgan fingerprint density at radius 1 is 1.43 bits per heavy atom. The normalized spacial score (nSPS) is 9.81. The van der Waals surface area contributed by atoms with Crippen molar-refractivity contribution in [3.05, 3.63) is 36.4 Å². The molecule has 0 fully saturated rings. The van der Waals surface area contributed by atoms with Crippen LogP contribution in [0, 0.1) is 0 Å². The van der Waals surface area contributed by atoms with Crippen LogP contribution < -0.4 is 15.8 Å². The van der Waals surface area contributed by atoms with Gasteiger partial charge in [0.2, 0.25) is 5.91 Å².